The minimum atomic E-state index is 0.0222. The van der Waals surface area contributed by atoms with Crippen LogP contribution in [0.3, 0.4) is 0 Å². The number of benzene rings is 1. The van der Waals surface area contributed by atoms with Crippen LogP contribution in [0.2, 0.25) is 0 Å². The molecule has 1 amide bonds. The molecule has 0 aliphatic carbocycles. The van der Waals surface area contributed by atoms with Crippen molar-refractivity contribution in [1.82, 2.24) is 10.2 Å². The Kier molecular flexibility index (Phi) is 4.99. The van der Waals surface area contributed by atoms with Crippen LogP contribution in [0.25, 0.3) is 0 Å². The summed E-state index contributed by atoms with van der Waals surface area (Å²) >= 11 is 3.46. The van der Waals surface area contributed by atoms with Gasteiger partial charge in [-0.2, -0.15) is 0 Å². The molecule has 1 N–H and O–H groups in total. The van der Waals surface area contributed by atoms with Gasteiger partial charge in [0.2, 0.25) is 0 Å². The number of halogens is 1. The van der Waals surface area contributed by atoms with E-state index in [4.69, 9.17) is 0 Å². The summed E-state index contributed by atoms with van der Waals surface area (Å²) in [6.07, 6.45) is 2.44. The van der Waals surface area contributed by atoms with E-state index >= 15 is 0 Å². The standard InChI is InChI=1S/C15H21BrN2O/c1-11-5-6-13(8-14(11)16)15(19)17-9-12-4-3-7-18(2)10-12/h5-6,8,12H,3-4,7,9-10H2,1-2H3,(H,17,19). The SMILES string of the molecule is Cc1ccc(C(=O)NCC2CCCN(C)C2)cc1Br. The topological polar surface area (TPSA) is 32.3 Å². The highest BCUT2D eigenvalue weighted by atomic mass is 79.9. The summed E-state index contributed by atoms with van der Waals surface area (Å²) in [6, 6.07) is 5.73. The molecule has 1 unspecified atom stereocenters. The van der Waals surface area contributed by atoms with Gasteiger partial charge in [0.05, 0.1) is 0 Å². The number of hydrogen-bond acceptors (Lipinski definition) is 2. The van der Waals surface area contributed by atoms with Gasteiger partial charge in [0.15, 0.2) is 0 Å². The molecule has 1 atom stereocenters. The van der Waals surface area contributed by atoms with Crippen LogP contribution in [0.4, 0.5) is 0 Å². The molecule has 1 fully saturated rings. The van der Waals surface area contributed by atoms with E-state index in [9.17, 15) is 4.79 Å². The Morgan fingerprint density at radius 1 is 1.53 bits per heavy atom. The molecule has 2 rings (SSSR count). The fourth-order valence-corrected chi connectivity index (χ4v) is 2.89. The third-order valence-corrected chi connectivity index (χ3v) is 4.56. The highest BCUT2D eigenvalue weighted by Crippen LogP contribution is 2.18. The summed E-state index contributed by atoms with van der Waals surface area (Å²) in [5.74, 6) is 0.602. The molecule has 1 aromatic rings. The fourth-order valence-electron chi connectivity index (χ4n) is 2.51. The Bertz CT molecular complexity index is 461. The first-order valence-corrected chi connectivity index (χ1v) is 7.58. The molecule has 0 bridgehead atoms. The van der Waals surface area contributed by atoms with Crippen LogP contribution in [0.1, 0.15) is 28.8 Å². The number of likely N-dealkylation sites (tertiary alicyclic amines) is 1. The number of hydrogen-bond donors (Lipinski definition) is 1. The number of aryl methyl sites for hydroxylation is 1. The quantitative estimate of drug-likeness (QED) is 0.927. The van der Waals surface area contributed by atoms with Gasteiger partial charge in [0.1, 0.15) is 0 Å². The normalized spacial score (nSPS) is 20.3. The van der Waals surface area contributed by atoms with Crippen molar-refractivity contribution in [2.45, 2.75) is 19.8 Å². The van der Waals surface area contributed by atoms with Crippen LogP contribution < -0.4 is 5.32 Å². The molecule has 19 heavy (non-hydrogen) atoms. The Labute approximate surface area is 123 Å². The Hall–Kier alpha value is -0.870. The van der Waals surface area contributed by atoms with Gasteiger partial charge in [-0.3, -0.25) is 4.79 Å². The molecule has 1 saturated heterocycles. The van der Waals surface area contributed by atoms with Crippen molar-refractivity contribution in [1.29, 1.82) is 0 Å². The van der Waals surface area contributed by atoms with E-state index in [1.165, 1.54) is 19.4 Å². The number of rotatable bonds is 3. The van der Waals surface area contributed by atoms with E-state index < -0.39 is 0 Å². The maximum absolute atomic E-state index is 12.1. The first-order chi connectivity index (χ1) is 9.06. The molecule has 1 aliphatic rings. The lowest BCUT2D eigenvalue weighted by molar-refractivity contribution is 0.0937. The first kappa shape index (κ1) is 14.5. The number of carbonyl (C=O) groups is 1. The van der Waals surface area contributed by atoms with Crippen LogP contribution in [-0.4, -0.2) is 37.5 Å². The molecular formula is C15H21BrN2O. The zero-order chi connectivity index (χ0) is 13.8. The molecule has 0 aromatic heterocycles. The van der Waals surface area contributed by atoms with Crippen LogP contribution in [0.15, 0.2) is 22.7 Å². The lowest BCUT2D eigenvalue weighted by Crippen LogP contribution is -2.39. The van der Waals surface area contributed by atoms with Gasteiger partial charge in [-0.15, -0.1) is 0 Å². The lowest BCUT2D eigenvalue weighted by atomic mass is 9.98. The van der Waals surface area contributed by atoms with Crippen LogP contribution in [-0.2, 0) is 0 Å². The summed E-state index contributed by atoms with van der Waals surface area (Å²) in [6.45, 7) is 5.05. The molecule has 3 nitrogen and oxygen atoms in total. The zero-order valence-electron chi connectivity index (χ0n) is 11.6. The van der Waals surface area contributed by atoms with Crippen molar-refractivity contribution in [3.63, 3.8) is 0 Å². The Morgan fingerprint density at radius 3 is 3.00 bits per heavy atom. The molecule has 1 aliphatic heterocycles. The third kappa shape index (κ3) is 4.05. The number of carbonyl (C=O) groups excluding carboxylic acids is 1. The monoisotopic (exact) mass is 324 g/mol. The van der Waals surface area contributed by atoms with Crippen molar-refractivity contribution in [3.05, 3.63) is 33.8 Å². The molecule has 1 heterocycles. The molecular weight excluding hydrogens is 304 g/mol. The molecule has 0 radical (unpaired) electrons. The number of amides is 1. The zero-order valence-corrected chi connectivity index (χ0v) is 13.2. The van der Waals surface area contributed by atoms with Gasteiger partial charge >= 0.3 is 0 Å². The van der Waals surface area contributed by atoms with Crippen molar-refractivity contribution in [3.8, 4) is 0 Å². The predicted octanol–water partition coefficient (Wildman–Crippen LogP) is 2.83. The van der Waals surface area contributed by atoms with E-state index in [1.807, 2.05) is 25.1 Å². The van der Waals surface area contributed by atoms with Crippen molar-refractivity contribution < 1.29 is 4.79 Å². The summed E-state index contributed by atoms with van der Waals surface area (Å²) in [5.41, 5.74) is 1.87. The van der Waals surface area contributed by atoms with Gasteiger partial charge in [-0.1, -0.05) is 22.0 Å². The van der Waals surface area contributed by atoms with Crippen molar-refractivity contribution >= 4 is 21.8 Å². The number of nitrogens with one attached hydrogen (secondary N) is 1. The molecule has 4 heteroatoms. The Balaban J connectivity index is 1.88. The van der Waals surface area contributed by atoms with E-state index in [-0.39, 0.29) is 5.91 Å². The van der Waals surface area contributed by atoms with Crippen LogP contribution in [0.5, 0.6) is 0 Å². The second-order valence-corrected chi connectivity index (χ2v) is 6.30. The predicted molar refractivity (Wildman–Crippen MR) is 81.4 cm³/mol. The van der Waals surface area contributed by atoms with Gasteiger partial charge in [0, 0.05) is 23.1 Å². The lowest BCUT2D eigenvalue weighted by Gasteiger charge is -2.29. The minimum Gasteiger partial charge on any atom is -0.352 e. The number of nitrogens with zero attached hydrogens (tertiary/aromatic N) is 1. The van der Waals surface area contributed by atoms with E-state index in [2.05, 4.69) is 33.2 Å². The van der Waals surface area contributed by atoms with Gasteiger partial charge in [0.25, 0.3) is 5.91 Å². The summed E-state index contributed by atoms with van der Waals surface area (Å²) in [5, 5.41) is 3.05. The van der Waals surface area contributed by atoms with Gasteiger partial charge in [-0.05, 0) is 57.0 Å². The second kappa shape index (κ2) is 6.53. The maximum Gasteiger partial charge on any atom is 0.251 e. The number of piperidine rings is 1. The first-order valence-electron chi connectivity index (χ1n) is 6.79. The maximum atomic E-state index is 12.1. The summed E-state index contributed by atoms with van der Waals surface area (Å²) in [7, 11) is 2.14. The van der Waals surface area contributed by atoms with Gasteiger partial charge < -0.3 is 10.2 Å². The highest BCUT2D eigenvalue weighted by molar-refractivity contribution is 9.10. The van der Waals surface area contributed by atoms with E-state index in [0.717, 1.165) is 28.7 Å². The van der Waals surface area contributed by atoms with E-state index in [0.29, 0.717) is 5.92 Å². The van der Waals surface area contributed by atoms with Crippen LogP contribution >= 0.6 is 15.9 Å². The summed E-state index contributed by atoms with van der Waals surface area (Å²) < 4.78 is 0.984. The van der Waals surface area contributed by atoms with Crippen LogP contribution in [0, 0.1) is 12.8 Å². The Morgan fingerprint density at radius 2 is 2.32 bits per heavy atom. The average molecular weight is 325 g/mol. The second-order valence-electron chi connectivity index (χ2n) is 5.44. The molecule has 104 valence electrons. The largest absolute Gasteiger partial charge is 0.352 e. The molecule has 1 aromatic carbocycles. The highest BCUT2D eigenvalue weighted by Gasteiger charge is 2.18. The minimum absolute atomic E-state index is 0.0222. The molecule has 0 saturated carbocycles. The van der Waals surface area contributed by atoms with Crippen molar-refractivity contribution in [2.75, 3.05) is 26.7 Å². The summed E-state index contributed by atoms with van der Waals surface area (Å²) in [4.78, 5) is 14.4. The van der Waals surface area contributed by atoms with E-state index in [1.54, 1.807) is 0 Å². The van der Waals surface area contributed by atoms with Gasteiger partial charge in [-0.25, -0.2) is 0 Å². The molecule has 0 spiro atoms. The average Bonchev–Trinajstić information content (AvgIpc) is 2.39. The smallest absolute Gasteiger partial charge is 0.251 e. The fraction of sp³-hybridized carbons (Fsp3) is 0.533. The third-order valence-electron chi connectivity index (χ3n) is 3.71. The van der Waals surface area contributed by atoms with Crippen molar-refractivity contribution in [2.24, 2.45) is 5.92 Å².